The van der Waals surface area contributed by atoms with Gasteiger partial charge in [-0.1, -0.05) is 43.5 Å². The molecule has 1 fully saturated rings. The Balaban J connectivity index is 2.09. The molecule has 0 amide bonds. The minimum Gasteiger partial charge on any atom is -0.377 e. The van der Waals surface area contributed by atoms with Crippen LogP contribution in [0.1, 0.15) is 50.2 Å². The Morgan fingerprint density at radius 1 is 1.24 bits per heavy atom. The first-order valence-electron chi connectivity index (χ1n) is 8.38. The van der Waals surface area contributed by atoms with Crippen molar-refractivity contribution in [1.29, 1.82) is 0 Å². The highest BCUT2D eigenvalue weighted by molar-refractivity contribution is 5.26. The summed E-state index contributed by atoms with van der Waals surface area (Å²) >= 11 is 0. The van der Waals surface area contributed by atoms with Gasteiger partial charge in [0.1, 0.15) is 0 Å². The van der Waals surface area contributed by atoms with Crippen LogP contribution in [0.2, 0.25) is 0 Å². The predicted molar refractivity (Wildman–Crippen MR) is 88.0 cm³/mol. The number of nitrogens with one attached hydrogen (secondary N) is 1. The van der Waals surface area contributed by atoms with E-state index in [1.165, 1.54) is 43.2 Å². The topological polar surface area (TPSA) is 47.3 Å². The molecule has 0 aliphatic heterocycles. The summed E-state index contributed by atoms with van der Waals surface area (Å²) in [5.74, 6) is 6.52. The lowest BCUT2D eigenvalue weighted by Gasteiger charge is -2.35. The third kappa shape index (κ3) is 4.53. The van der Waals surface area contributed by atoms with E-state index < -0.39 is 0 Å². The van der Waals surface area contributed by atoms with Crippen LogP contribution in [0.3, 0.4) is 0 Å². The summed E-state index contributed by atoms with van der Waals surface area (Å²) < 4.78 is 6.10. The number of hydrogen-bond acceptors (Lipinski definition) is 3. The summed E-state index contributed by atoms with van der Waals surface area (Å²) in [5.41, 5.74) is 5.73. The first-order valence-corrected chi connectivity index (χ1v) is 8.38. The van der Waals surface area contributed by atoms with Crippen molar-refractivity contribution in [3.05, 3.63) is 35.4 Å². The lowest BCUT2D eigenvalue weighted by atomic mass is 9.81. The minimum atomic E-state index is 0.189. The molecular formula is C18H30N2O. The minimum absolute atomic E-state index is 0.189. The van der Waals surface area contributed by atoms with E-state index >= 15 is 0 Å². The summed E-state index contributed by atoms with van der Waals surface area (Å²) in [6.07, 6.45) is 7.73. The van der Waals surface area contributed by atoms with Crippen LogP contribution >= 0.6 is 0 Å². The first-order chi connectivity index (χ1) is 10.3. The number of ether oxygens (including phenoxy) is 1. The standard InChI is InChI=1S/C18H30N2O/c1-3-21-18(15-10-5-4-6-11-15)17(20-19)13-16-12-8-7-9-14(16)2/h7-9,12,15,17-18,20H,3-6,10-11,13,19H2,1-2H3. The lowest BCUT2D eigenvalue weighted by molar-refractivity contribution is -0.0175. The van der Waals surface area contributed by atoms with Crippen molar-refractivity contribution in [3.63, 3.8) is 0 Å². The van der Waals surface area contributed by atoms with Gasteiger partial charge in [0.2, 0.25) is 0 Å². The average Bonchev–Trinajstić information content (AvgIpc) is 2.53. The summed E-state index contributed by atoms with van der Waals surface area (Å²) in [6, 6.07) is 8.74. The summed E-state index contributed by atoms with van der Waals surface area (Å²) in [6.45, 7) is 5.00. The van der Waals surface area contributed by atoms with E-state index in [0.29, 0.717) is 5.92 Å². The molecule has 3 heteroatoms. The molecule has 0 saturated heterocycles. The normalized spacial score (nSPS) is 19.4. The molecule has 2 atom stereocenters. The summed E-state index contributed by atoms with van der Waals surface area (Å²) in [5, 5.41) is 0. The fourth-order valence-electron chi connectivity index (χ4n) is 3.58. The maximum Gasteiger partial charge on any atom is 0.0772 e. The van der Waals surface area contributed by atoms with Crippen molar-refractivity contribution < 1.29 is 4.74 Å². The van der Waals surface area contributed by atoms with Crippen molar-refractivity contribution >= 4 is 0 Å². The number of rotatable bonds is 7. The van der Waals surface area contributed by atoms with E-state index in [4.69, 9.17) is 10.6 Å². The zero-order valence-corrected chi connectivity index (χ0v) is 13.5. The largest absolute Gasteiger partial charge is 0.377 e. The van der Waals surface area contributed by atoms with Gasteiger partial charge in [0, 0.05) is 6.61 Å². The Hall–Kier alpha value is -0.900. The zero-order chi connectivity index (χ0) is 15.1. The predicted octanol–water partition coefficient (Wildman–Crippen LogP) is 3.35. The number of hydrazine groups is 1. The Morgan fingerprint density at radius 2 is 1.95 bits per heavy atom. The number of aryl methyl sites for hydroxylation is 1. The molecule has 0 bridgehead atoms. The third-order valence-corrected chi connectivity index (χ3v) is 4.79. The maximum absolute atomic E-state index is 6.10. The second kappa shape index (κ2) is 8.52. The van der Waals surface area contributed by atoms with Crippen molar-refractivity contribution in [3.8, 4) is 0 Å². The van der Waals surface area contributed by atoms with Crippen LogP contribution in [0.4, 0.5) is 0 Å². The van der Waals surface area contributed by atoms with Gasteiger partial charge in [-0.05, 0) is 50.2 Å². The molecule has 0 radical (unpaired) electrons. The van der Waals surface area contributed by atoms with Crippen molar-refractivity contribution in [2.75, 3.05) is 6.61 Å². The quantitative estimate of drug-likeness (QED) is 0.598. The molecule has 1 saturated carbocycles. The van der Waals surface area contributed by atoms with Crippen molar-refractivity contribution in [1.82, 2.24) is 5.43 Å². The van der Waals surface area contributed by atoms with Gasteiger partial charge in [0.05, 0.1) is 12.1 Å². The second-order valence-electron chi connectivity index (χ2n) is 6.22. The zero-order valence-electron chi connectivity index (χ0n) is 13.5. The molecule has 3 nitrogen and oxygen atoms in total. The van der Waals surface area contributed by atoms with Crippen LogP contribution < -0.4 is 11.3 Å². The molecule has 1 aliphatic rings. The first kappa shape index (κ1) is 16.5. The molecule has 3 N–H and O–H groups in total. The van der Waals surface area contributed by atoms with Gasteiger partial charge in [-0.25, -0.2) is 0 Å². The van der Waals surface area contributed by atoms with Crippen LogP contribution in [0, 0.1) is 12.8 Å². The molecular weight excluding hydrogens is 260 g/mol. The van der Waals surface area contributed by atoms with E-state index in [9.17, 15) is 0 Å². The van der Waals surface area contributed by atoms with Gasteiger partial charge in [0.25, 0.3) is 0 Å². The SMILES string of the molecule is CCOC(C1CCCCC1)C(Cc1ccccc1C)NN. The fourth-order valence-corrected chi connectivity index (χ4v) is 3.58. The lowest BCUT2D eigenvalue weighted by Crippen LogP contribution is -2.50. The summed E-state index contributed by atoms with van der Waals surface area (Å²) in [4.78, 5) is 0. The highest BCUT2D eigenvalue weighted by Gasteiger charge is 2.30. The summed E-state index contributed by atoms with van der Waals surface area (Å²) in [7, 11) is 0. The smallest absolute Gasteiger partial charge is 0.0772 e. The average molecular weight is 290 g/mol. The fraction of sp³-hybridized carbons (Fsp3) is 0.667. The Morgan fingerprint density at radius 3 is 2.57 bits per heavy atom. The number of hydrogen-bond donors (Lipinski definition) is 2. The van der Waals surface area contributed by atoms with E-state index in [2.05, 4.69) is 43.5 Å². The third-order valence-electron chi connectivity index (χ3n) is 4.79. The van der Waals surface area contributed by atoms with Gasteiger partial charge < -0.3 is 4.74 Å². The number of nitrogens with two attached hydrogens (primary N) is 1. The van der Waals surface area contributed by atoms with Crippen LogP contribution in [0.5, 0.6) is 0 Å². The molecule has 2 unspecified atom stereocenters. The van der Waals surface area contributed by atoms with Gasteiger partial charge in [-0.15, -0.1) is 0 Å². The monoisotopic (exact) mass is 290 g/mol. The van der Waals surface area contributed by atoms with Gasteiger partial charge in [0.15, 0.2) is 0 Å². The maximum atomic E-state index is 6.10. The highest BCUT2D eigenvalue weighted by atomic mass is 16.5. The molecule has 118 valence electrons. The molecule has 21 heavy (non-hydrogen) atoms. The van der Waals surface area contributed by atoms with E-state index in [1.807, 2.05) is 0 Å². The Kier molecular flexibility index (Phi) is 6.68. The van der Waals surface area contributed by atoms with Gasteiger partial charge in [-0.2, -0.15) is 0 Å². The molecule has 1 aromatic carbocycles. The van der Waals surface area contributed by atoms with Crippen LogP contribution in [0.25, 0.3) is 0 Å². The van der Waals surface area contributed by atoms with E-state index in [1.54, 1.807) is 0 Å². The van der Waals surface area contributed by atoms with Crippen LogP contribution in [-0.2, 0) is 11.2 Å². The van der Waals surface area contributed by atoms with Crippen molar-refractivity contribution in [2.24, 2.45) is 11.8 Å². The van der Waals surface area contributed by atoms with Crippen LogP contribution in [0.15, 0.2) is 24.3 Å². The molecule has 2 rings (SSSR count). The molecule has 0 aromatic heterocycles. The van der Waals surface area contributed by atoms with E-state index in [-0.39, 0.29) is 12.1 Å². The van der Waals surface area contributed by atoms with Gasteiger partial charge >= 0.3 is 0 Å². The van der Waals surface area contributed by atoms with Gasteiger partial charge in [-0.3, -0.25) is 11.3 Å². The highest BCUT2D eigenvalue weighted by Crippen LogP contribution is 2.30. The Labute approximate surface area is 129 Å². The number of benzene rings is 1. The van der Waals surface area contributed by atoms with Crippen molar-refractivity contribution in [2.45, 2.75) is 64.5 Å². The second-order valence-corrected chi connectivity index (χ2v) is 6.22. The molecule has 1 aromatic rings. The molecule has 0 heterocycles. The molecule has 1 aliphatic carbocycles. The Bertz CT molecular complexity index is 415. The molecule has 0 spiro atoms. The van der Waals surface area contributed by atoms with Crippen LogP contribution in [-0.4, -0.2) is 18.8 Å². The van der Waals surface area contributed by atoms with E-state index in [0.717, 1.165) is 13.0 Å².